The summed E-state index contributed by atoms with van der Waals surface area (Å²) < 4.78 is 7.91. The van der Waals surface area contributed by atoms with Gasteiger partial charge >= 0.3 is 0 Å². The molecule has 32 heavy (non-hydrogen) atoms. The van der Waals surface area contributed by atoms with Gasteiger partial charge in [0.15, 0.2) is 0 Å². The van der Waals surface area contributed by atoms with Gasteiger partial charge < -0.3 is 10.1 Å². The normalized spacial score (nSPS) is 16.6. The third-order valence-corrected chi connectivity index (χ3v) is 6.22. The third-order valence-electron chi connectivity index (χ3n) is 6.22. The second kappa shape index (κ2) is 9.57. The number of benzene rings is 2. The zero-order valence-corrected chi connectivity index (χ0v) is 18.4. The highest BCUT2D eigenvalue weighted by Crippen LogP contribution is 2.35. The van der Waals surface area contributed by atoms with Crippen molar-refractivity contribution >= 4 is 11.6 Å². The maximum absolute atomic E-state index is 12.9. The Morgan fingerprint density at radius 1 is 1.00 bits per heavy atom. The predicted molar refractivity (Wildman–Crippen MR) is 126 cm³/mol. The number of amides is 1. The topological polar surface area (TPSA) is 59.4 Å². The summed E-state index contributed by atoms with van der Waals surface area (Å²) >= 11 is 0. The van der Waals surface area contributed by atoms with Gasteiger partial charge in [0.05, 0.1) is 17.4 Å². The van der Waals surface area contributed by atoms with Gasteiger partial charge in [0, 0.05) is 23.9 Å². The summed E-state index contributed by atoms with van der Waals surface area (Å²) in [7, 11) is 0. The third kappa shape index (κ3) is 5.02. The molecule has 0 unspecified atom stereocenters. The molecule has 2 aromatic carbocycles. The zero-order valence-electron chi connectivity index (χ0n) is 18.4. The Kier molecular flexibility index (Phi) is 6.21. The molecule has 1 saturated heterocycles. The first-order valence-electron chi connectivity index (χ1n) is 11.7. The lowest BCUT2D eigenvalue weighted by atomic mass is 10.1. The fourth-order valence-corrected chi connectivity index (χ4v) is 4.21. The molecule has 0 bridgehead atoms. The Morgan fingerprint density at radius 2 is 1.78 bits per heavy atom. The lowest BCUT2D eigenvalue weighted by molar-refractivity contribution is 0.102. The van der Waals surface area contributed by atoms with Gasteiger partial charge in [0.2, 0.25) is 0 Å². The first-order chi connectivity index (χ1) is 15.8. The van der Waals surface area contributed by atoms with Crippen LogP contribution in [0.1, 0.15) is 48.5 Å². The SMILES string of the molecule is O=C(Nc1ccccc1-c1ccn(C2CC2)n1)c1ccc(OCCN2CCCCC2)cc1. The predicted octanol–water partition coefficient (Wildman–Crippen LogP) is 5.00. The highest BCUT2D eigenvalue weighted by Gasteiger charge is 2.24. The van der Waals surface area contributed by atoms with Crippen molar-refractivity contribution in [1.29, 1.82) is 0 Å². The van der Waals surface area contributed by atoms with Crippen LogP contribution in [0.15, 0.2) is 60.8 Å². The number of anilines is 1. The molecule has 0 radical (unpaired) electrons. The first kappa shape index (κ1) is 20.8. The second-order valence-electron chi connectivity index (χ2n) is 8.69. The van der Waals surface area contributed by atoms with Gasteiger partial charge in [-0.2, -0.15) is 5.10 Å². The molecule has 1 aliphatic heterocycles. The monoisotopic (exact) mass is 430 g/mol. The van der Waals surface area contributed by atoms with E-state index >= 15 is 0 Å². The van der Waals surface area contributed by atoms with Gasteiger partial charge in [-0.05, 0) is 75.2 Å². The maximum atomic E-state index is 12.9. The summed E-state index contributed by atoms with van der Waals surface area (Å²) in [5.41, 5.74) is 3.18. The summed E-state index contributed by atoms with van der Waals surface area (Å²) in [6.45, 7) is 3.97. The number of para-hydroxylation sites is 1. The molecular weight excluding hydrogens is 400 g/mol. The van der Waals surface area contributed by atoms with Crippen LogP contribution in [0.4, 0.5) is 5.69 Å². The van der Waals surface area contributed by atoms with Crippen molar-refractivity contribution in [2.75, 3.05) is 31.6 Å². The Labute approximate surface area is 189 Å². The number of aromatic nitrogens is 2. The van der Waals surface area contributed by atoms with Crippen molar-refractivity contribution in [2.45, 2.75) is 38.1 Å². The molecule has 1 N–H and O–H groups in total. The van der Waals surface area contributed by atoms with E-state index in [0.717, 1.165) is 29.2 Å². The van der Waals surface area contributed by atoms with Crippen LogP contribution >= 0.6 is 0 Å². The lowest BCUT2D eigenvalue weighted by Gasteiger charge is -2.26. The van der Waals surface area contributed by atoms with E-state index in [2.05, 4.69) is 10.2 Å². The van der Waals surface area contributed by atoms with Gasteiger partial charge in [-0.3, -0.25) is 14.4 Å². The molecular formula is C26H30N4O2. The highest BCUT2D eigenvalue weighted by molar-refractivity contribution is 6.06. The molecule has 2 aliphatic rings. The molecule has 0 spiro atoms. The van der Waals surface area contributed by atoms with Crippen LogP contribution in [-0.2, 0) is 0 Å². The molecule has 3 aromatic rings. The van der Waals surface area contributed by atoms with E-state index < -0.39 is 0 Å². The molecule has 1 aromatic heterocycles. The zero-order chi connectivity index (χ0) is 21.8. The summed E-state index contributed by atoms with van der Waals surface area (Å²) in [6, 6.07) is 17.7. The summed E-state index contributed by atoms with van der Waals surface area (Å²) in [4.78, 5) is 15.3. The minimum atomic E-state index is -0.140. The van der Waals surface area contributed by atoms with Crippen LogP contribution in [0.3, 0.4) is 0 Å². The second-order valence-corrected chi connectivity index (χ2v) is 8.69. The van der Waals surface area contributed by atoms with Crippen LogP contribution in [0.25, 0.3) is 11.3 Å². The van der Waals surface area contributed by atoms with Crippen LogP contribution in [-0.4, -0.2) is 46.8 Å². The van der Waals surface area contributed by atoms with E-state index in [1.54, 1.807) is 0 Å². The fraction of sp³-hybridized carbons (Fsp3) is 0.385. The Morgan fingerprint density at radius 3 is 2.56 bits per heavy atom. The number of nitrogens with one attached hydrogen (secondary N) is 1. The quantitative estimate of drug-likeness (QED) is 0.546. The van der Waals surface area contributed by atoms with E-state index in [4.69, 9.17) is 9.84 Å². The Balaban J connectivity index is 1.19. The number of ether oxygens (including phenoxy) is 1. The van der Waals surface area contributed by atoms with Gasteiger partial charge in [-0.25, -0.2) is 0 Å². The minimum Gasteiger partial charge on any atom is -0.492 e. The molecule has 5 rings (SSSR count). The largest absolute Gasteiger partial charge is 0.492 e. The molecule has 166 valence electrons. The Hall–Kier alpha value is -3.12. The standard InChI is InChI=1S/C26H30N4O2/c31-26(20-8-12-22(13-9-20)32-19-18-29-15-4-1-5-16-29)27-24-7-3-2-6-23(24)25-14-17-30(28-25)21-10-11-21/h2-3,6-9,12-14,17,21H,1,4-5,10-11,15-16,18-19H2,(H,27,31). The first-order valence-corrected chi connectivity index (χ1v) is 11.7. The van der Waals surface area contributed by atoms with Crippen LogP contribution in [0.2, 0.25) is 0 Å². The molecule has 0 atom stereocenters. The van der Waals surface area contributed by atoms with E-state index in [9.17, 15) is 4.79 Å². The van der Waals surface area contributed by atoms with Gasteiger partial charge in [0.1, 0.15) is 12.4 Å². The van der Waals surface area contributed by atoms with E-state index in [1.807, 2.05) is 65.5 Å². The van der Waals surface area contributed by atoms with Crippen molar-refractivity contribution in [3.8, 4) is 17.0 Å². The summed E-state index contributed by atoms with van der Waals surface area (Å²) in [5.74, 6) is 0.656. The molecule has 1 amide bonds. The number of carbonyl (C=O) groups is 1. The molecule has 2 heterocycles. The summed E-state index contributed by atoms with van der Waals surface area (Å²) in [6.07, 6.45) is 8.32. The number of rotatable bonds is 8. The van der Waals surface area contributed by atoms with Gasteiger partial charge in [-0.15, -0.1) is 0 Å². The number of hydrogen-bond acceptors (Lipinski definition) is 4. The lowest BCUT2D eigenvalue weighted by Crippen LogP contribution is -2.33. The number of carbonyl (C=O) groups excluding carboxylic acids is 1. The fourth-order valence-electron chi connectivity index (χ4n) is 4.21. The van der Waals surface area contributed by atoms with Crippen LogP contribution in [0, 0.1) is 0 Å². The smallest absolute Gasteiger partial charge is 0.255 e. The average Bonchev–Trinajstić information content (AvgIpc) is 3.57. The van der Waals surface area contributed by atoms with Crippen molar-refractivity contribution in [1.82, 2.24) is 14.7 Å². The van der Waals surface area contributed by atoms with Crippen molar-refractivity contribution in [3.63, 3.8) is 0 Å². The maximum Gasteiger partial charge on any atom is 0.255 e. The molecule has 2 fully saturated rings. The van der Waals surface area contributed by atoms with Crippen molar-refractivity contribution < 1.29 is 9.53 Å². The summed E-state index contributed by atoms with van der Waals surface area (Å²) in [5, 5.41) is 7.75. The highest BCUT2D eigenvalue weighted by atomic mass is 16.5. The minimum absolute atomic E-state index is 0.140. The number of likely N-dealkylation sites (tertiary alicyclic amines) is 1. The van der Waals surface area contributed by atoms with E-state index in [1.165, 1.54) is 45.2 Å². The van der Waals surface area contributed by atoms with Gasteiger partial charge in [0.25, 0.3) is 5.91 Å². The van der Waals surface area contributed by atoms with Crippen LogP contribution < -0.4 is 10.1 Å². The molecule has 6 nitrogen and oxygen atoms in total. The van der Waals surface area contributed by atoms with Crippen molar-refractivity contribution in [2.24, 2.45) is 0 Å². The molecule has 1 aliphatic carbocycles. The van der Waals surface area contributed by atoms with Gasteiger partial charge in [-0.1, -0.05) is 24.6 Å². The molecule has 1 saturated carbocycles. The number of piperidine rings is 1. The number of nitrogens with zero attached hydrogens (tertiary/aromatic N) is 3. The average molecular weight is 431 g/mol. The Bertz CT molecular complexity index is 1050. The number of hydrogen-bond donors (Lipinski definition) is 1. The van der Waals surface area contributed by atoms with E-state index in [0.29, 0.717) is 18.2 Å². The van der Waals surface area contributed by atoms with E-state index in [-0.39, 0.29) is 5.91 Å². The van der Waals surface area contributed by atoms with Crippen molar-refractivity contribution in [3.05, 3.63) is 66.4 Å². The van der Waals surface area contributed by atoms with Crippen LogP contribution in [0.5, 0.6) is 5.75 Å². The molecule has 6 heteroatoms.